The molecule has 1 aromatic heterocycles. The van der Waals surface area contributed by atoms with E-state index in [2.05, 4.69) is 39.4 Å². The average Bonchev–Trinajstić information content (AvgIpc) is 3.54. The number of carbonyl (C=O) groups is 3. The second kappa shape index (κ2) is 13.6. The molecule has 3 amide bonds. The third kappa shape index (κ3) is 6.52. The average molecular weight is 623 g/mol. The van der Waals surface area contributed by atoms with Crippen LogP contribution in [0.2, 0.25) is 0 Å². The third-order valence-corrected chi connectivity index (χ3v) is 9.93. The fraction of sp³-hybridized carbons (Fsp3) is 0.432. The zero-order valence-corrected chi connectivity index (χ0v) is 27.5. The summed E-state index contributed by atoms with van der Waals surface area (Å²) < 4.78 is 0. The molecule has 3 aliphatic rings. The Bertz CT molecular complexity index is 1630. The van der Waals surface area contributed by atoms with Crippen molar-refractivity contribution in [3.8, 4) is 0 Å². The first-order valence-corrected chi connectivity index (χ1v) is 16.7. The predicted molar refractivity (Wildman–Crippen MR) is 183 cm³/mol. The van der Waals surface area contributed by atoms with Crippen LogP contribution in [0.3, 0.4) is 0 Å². The Labute approximate surface area is 272 Å². The second-order valence-corrected chi connectivity index (χ2v) is 13.0. The quantitative estimate of drug-likeness (QED) is 0.298. The Morgan fingerprint density at radius 3 is 2.41 bits per heavy atom. The molecule has 242 valence electrons. The molecule has 2 aromatic carbocycles. The normalized spacial score (nSPS) is 19.3. The van der Waals surface area contributed by atoms with E-state index in [0.29, 0.717) is 34.0 Å². The Morgan fingerprint density at radius 1 is 1.00 bits per heavy atom. The number of aromatic nitrogens is 1. The summed E-state index contributed by atoms with van der Waals surface area (Å²) in [7, 11) is 2.18. The van der Waals surface area contributed by atoms with Crippen molar-refractivity contribution in [2.45, 2.75) is 58.5 Å². The number of nitrogens with one attached hydrogen (secondary N) is 3. The summed E-state index contributed by atoms with van der Waals surface area (Å²) in [4.78, 5) is 50.6. The Kier molecular flexibility index (Phi) is 9.42. The van der Waals surface area contributed by atoms with Crippen molar-refractivity contribution in [3.63, 3.8) is 0 Å². The summed E-state index contributed by atoms with van der Waals surface area (Å²) in [5.41, 5.74) is 6.39. The first-order chi connectivity index (χ1) is 22.2. The van der Waals surface area contributed by atoms with Crippen molar-refractivity contribution in [2.24, 2.45) is 0 Å². The van der Waals surface area contributed by atoms with Crippen LogP contribution in [0.5, 0.6) is 0 Å². The van der Waals surface area contributed by atoms with Crippen LogP contribution < -0.4 is 10.6 Å². The van der Waals surface area contributed by atoms with E-state index in [1.54, 1.807) is 18.2 Å². The zero-order chi connectivity index (χ0) is 32.4. The first-order valence-electron chi connectivity index (χ1n) is 16.7. The molecule has 1 atom stereocenters. The molecule has 6 rings (SSSR count). The Morgan fingerprint density at radius 2 is 1.72 bits per heavy atom. The number of hydrogen-bond donors (Lipinski definition) is 3. The minimum atomic E-state index is -0.231. The van der Waals surface area contributed by atoms with Crippen LogP contribution in [-0.2, 0) is 4.79 Å². The molecule has 0 spiro atoms. The first kappa shape index (κ1) is 31.8. The van der Waals surface area contributed by atoms with Gasteiger partial charge in [0.15, 0.2) is 0 Å². The number of piperazine rings is 1. The lowest BCUT2D eigenvalue weighted by Crippen LogP contribution is -2.54. The van der Waals surface area contributed by atoms with Gasteiger partial charge in [0.2, 0.25) is 0 Å². The third-order valence-electron chi connectivity index (χ3n) is 9.93. The molecule has 0 saturated carbocycles. The fourth-order valence-corrected chi connectivity index (χ4v) is 7.20. The topological polar surface area (TPSA) is 101 Å². The molecule has 3 aliphatic heterocycles. The predicted octanol–water partition coefficient (Wildman–Crippen LogP) is 5.25. The van der Waals surface area contributed by atoms with E-state index in [0.717, 1.165) is 74.6 Å². The highest BCUT2D eigenvalue weighted by atomic mass is 16.2. The molecule has 3 N–H and O–H groups in total. The molecular weight excluding hydrogens is 576 g/mol. The number of rotatable bonds is 8. The summed E-state index contributed by atoms with van der Waals surface area (Å²) in [5, 5.41) is 6.12. The molecule has 9 nitrogen and oxygen atoms in total. The molecular formula is C37H46N6O3. The lowest BCUT2D eigenvalue weighted by atomic mass is 9.99. The standard InChI is InChI=1S/C37H46N6O3/c1-5-9-31(26-10-7-6-8-11-26)39-35(44)27-12-13-32-29(22-27)30(36(45)40-32)23-33-24(2)34(25(3)38-33)37(46)43-20-18-42(19-21-43)28-14-16-41(4)17-15-28/h6-8,10-13,22-23,28,31,38H,5,9,14-21H2,1-4H3,(H,39,44)(H,40,45). The Balaban J connectivity index is 1.18. The van der Waals surface area contributed by atoms with Gasteiger partial charge in [-0.25, -0.2) is 0 Å². The van der Waals surface area contributed by atoms with Gasteiger partial charge in [0.05, 0.1) is 17.2 Å². The number of aryl methyl sites for hydroxylation is 1. The number of H-pyrrole nitrogens is 1. The van der Waals surface area contributed by atoms with Crippen LogP contribution in [0, 0.1) is 13.8 Å². The lowest BCUT2D eigenvalue weighted by molar-refractivity contribution is -0.110. The van der Waals surface area contributed by atoms with E-state index >= 15 is 0 Å². The summed E-state index contributed by atoms with van der Waals surface area (Å²) in [6, 6.07) is 15.8. The number of carbonyl (C=O) groups excluding carboxylic acids is 3. The van der Waals surface area contributed by atoms with Crippen LogP contribution in [-0.4, -0.2) is 89.8 Å². The number of benzene rings is 2. The van der Waals surface area contributed by atoms with E-state index in [-0.39, 0.29) is 23.8 Å². The molecule has 4 heterocycles. The zero-order valence-electron chi connectivity index (χ0n) is 27.5. The highest BCUT2D eigenvalue weighted by molar-refractivity contribution is 6.35. The number of nitrogens with zero attached hydrogens (tertiary/aromatic N) is 3. The van der Waals surface area contributed by atoms with Gasteiger partial charge in [-0.2, -0.15) is 0 Å². The maximum atomic E-state index is 13.8. The van der Waals surface area contributed by atoms with Gasteiger partial charge < -0.3 is 25.4 Å². The minimum absolute atomic E-state index is 0.0363. The van der Waals surface area contributed by atoms with Gasteiger partial charge in [0, 0.05) is 60.4 Å². The summed E-state index contributed by atoms with van der Waals surface area (Å²) in [6.07, 6.45) is 5.95. The number of fused-ring (bicyclic) bond motifs is 1. The van der Waals surface area contributed by atoms with E-state index in [9.17, 15) is 14.4 Å². The van der Waals surface area contributed by atoms with Crippen molar-refractivity contribution in [3.05, 3.63) is 87.7 Å². The van der Waals surface area contributed by atoms with E-state index in [1.807, 2.05) is 55.2 Å². The second-order valence-electron chi connectivity index (χ2n) is 13.0. The number of amides is 3. The molecule has 2 fully saturated rings. The largest absolute Gasteiger partial charge is 0.358 e. The molecule has 46 heavy (non-hydrogen) atoms. The van der Waals surface area contributed by atoms with Crippen LogP contribution in [0.1, 0.15) is 87.4 Å². The lowest BCUT2D eigenvalue weighted by Gasteiger charge is -2.42. The van der Waals surface area contributed by atoms with Gasteiger partial charge >= 0.3 is 0 Å². The van der Waals surface area contributed by atoms with Crippen LogP contribution in [0.4, 0.5) is 5.69 Å². The summed E-state index contributed by atoms with van der Waals surface area (Å²) >= 11 is 0. The number of anilines is 1. The van der Waals surface area contributed by atoms with E-state index in [1.165, 1.54) is 12.8 Å². The molecule has 1 unspecified atom stereocenters. The van der Waals surface area contributed by atoms with Crippen molar-refractivity contribution in [1.29, 1.82) is 0 Å². The van der Waals surface area contributed by atoms with Crippen LogP contribution in [0.25, 0.3) is 11.6 Å². The van der Waals surface area contributed by atoms with Gasteiger partial charge in [0.1, 0.15) is 0 Å². The van der Waals surface area contributed by atoms with Crippen molar-refractivity contribution in [2.75, 3.05) is 51.6 Å². The maximum absolute atomic E-state index is 13.8. The van der Waals surface area contributed by atoms with Crippen molar-refractivity contribution in [1.82, 2.24) is 25.0 Å². The highest BCUT2D eigenvalue weighted by Crippen LogP contribution is 2.35. The van der Waals surface area contributed by atoms with E-state index in [4.69, 9.17) is 0 Å². The highest BCUT2D eigenvalue weighted by Gasteiger charge is 2.31. The molecule has 0 bridgehead atoms. The number of hydrogen-bond acceptors (Lipinski definition) is 5. The van der Waals surface area contributed by atoms with Gasteiger partial charge in [-0.15, -0.1) is 0 Å². The molecule has 2 saturated heterocycles. The summed E-state index contributed by atoms with van der Waals surface area (Å²) in [6.45, 7) is 11.5. The molecule has 0 aliphatic carbocycles. The SMILES string of the molecule is CCCC(NC(=O)c1ccc2c(c1)C(=Cc1[nH]c(C)c(C(=O)N3CCN(C4CCN(C)CC4)CC3)c1C)C(=O)N2)c1ccccc1. The van der Waals surface area contributed by atoms with Gasteiger partial charge in [-0.05, 0) is 88.6 Å². The number of likely N-dealkylation sites (tertiary alicyclic amines) is 1. The van der Waals surface area contributed by atoms with Crippen LogP contribution >= 0.6 is 0 Å². The van der Waals surface area contributed by atoms with Gasteiger partial charge in [0.25, 0.3) is 17.7 Å². The van der Waals surface area contributed by atoms with Gasteiger partial charge in [-0.1, -0.05) is 43.7 Å². The fourth-order valence-electron chi connectivity index (χ4n) is 7.20. The summed E-state index contributed by atoms with van der Waals surface area (Å²) in [5.74, 6) is -0.376. The van der Waals surface area contributed by atoms with Crippen LogP contribution in [0.15, 0.2) is 48.5 Å². The monoisotopic (exact) mass is 622 g/mol. The van der Waals surface area contributed by atoms with E-state index < -0.39 is 0 Å². The molecule has 9 heteroatoms. The minimum Gasteiger partial charge on any atom is -0.358 e. The van der Waals surface area contributed by atoms with Crippen molar-refractivity contribution >= 4 is 35.1 Å². The number of piperidine rings is 1. The van der Waals surface area contributed by atoms with Gasteiger partial charge in [-0.3, -0.25) is 19.3 Å². The van der Waals surface area contributed by atoms with Crippen molar-refractivity contribution < 1.29 is 14.4 Å². The molecule has 0 radical (unpaired) electrons. The molecule has 3 aromatic rings. The maximum Gasteiger partial charge on any atom is 0.256 e. The Hall–Kier alpha value is -4.21. The smallest absolute Gasteiger partial charge is 0.256 e. The number of aromatic amines is 1.